The van der Waals surface area contributed by atoms with Gasteiger partial charge in [0.15, 0.2) is 0 Å². The number of nitrogens with zero attached hydrogens (tertiary/aromatic N) is 1. The molecule has 1 heterocycles. The summed E-state index contributed by atoms with van der Waals surface area (Å²) in [4.78, 5) is 12.6. The number of fused-ring (bicyclic) bond motifs is 3. The summed E-state index contributed by atoms with van der Waals surface area (Å²) in [7, 11) is -3.63. The van der Waals surface area contributed by atoms with Gasteiger partial charge in [-0.25, -0.2) is 8.42 Å². The number of hydrogen-bond donors (Lipinski definition) is 1. The van der Waals surface area contributed by atoms with Gasteiger partial charge in [-0.05, 0) is 36.8 Å². The number of carbonyl (C=O) groups is 1. The molecular formula is C22H20N2O4S. The van der Waals surface area contributed by atoms with E-state index in [1.54, 1.807) is 37.3 Å². The van der Waals surface area contributed by atoms with E-state index in [2.05, 4.69) is 5.32 Å². The van der Waals surface area contributed by atoms with Crippen LogP contribution < -0.4 is 9.62 Å². The van der Waals surface area contributed by atoms with E-state index in [1.165, 1.54) is 0 Å². The van der Waals surface area contributed by atoms with Crippen LogP contribution in [0.5, 0.6) is 0 Å². The number of nitrogens with one attached hydrogen (secondary N) is 1. The number of furan rings is 1. The molecule has 0 aliphatic rings. The van der Waals surface area contributed by atoms with Gasteiger partial charge in [-0.3, -0.25) is 9.10 Å². The molecular weight excluding hydrogens is 388 g/mol. The number of aryl methyl sites for hydroxylation is 1. The normalized spacial score (nSPS) is 11.7. The first-order valence-electron chi connectivity index (χ1n) is 9.07. The summed E-state index contributed by atoms with van der Waals surface area (Å²) in [5.41, 5.74) is 3.23. The zero-order valence-corrected chi connectivity index (χ0v) is 16.9. The van der Waals surface area contributed by atoms with E-state index < -0.39 is 15.9 Å². The summed E-state index contributed by atoms with van der Waals surface area (Å²) >= 11 is 0. The predicted octanol–water partition coefficient (Wildman–Crippen LogP) is 4.30. The van der Waals surface area contributed by atoms with Crippen molar-refractivity contribution in [2.45, 2.75) is 6.92 Å². The van der Waals surface area contributed by atoms with Crippen molar-refractivity contribution in [2.75, 3.05) is 22.4 Å². The quantitative estimate of drug-likeness (QED) is 0.534. The standard InChI is InChI=1S/C22H20N2O4S/c1-15-7-3-5-9-19(15)24(29(2,26)27)14-22(25)23-16-11-12-18-17-8-4-6-10-20(17)28-21(18)13-16/h3-13H,14H2,1-2H3,(H,23,25). The molecule has 0 saturated heterocycles. The second-order valence-electron chi connectivity index (χ2n) is 6.91. The van der Waals surface area contributed by atoms with Crippen LogP contribution in [0.3, 0.4) is 0 Å². The lowest BCUT2D eigenvalue weighted by molar-refractivity contribution is -0.114. The van der Waals surface area contributed by atoms with Crippen LogP contribution in [0.4, 0.5) is 11.4 Å². The van der Waals surface area contributed by atoms with Gasteiger partial charge in [-0.15, -0.1) is 0 Å². The molecule has 148 valence electrons. The second kappa shape index (κ2) is 7.25. The average molecular weight is 408 g/mol. The average Bonchev–Trinajstić information content (AvgIpc) is 3.03. The van der Waals surface area contributed by atoms with Crippen molar-refractivity contribution < 1.29 is 17.6 Å². The highest BCUT2D eigenvalue weighted by Gasteiger charge is 2.22. The molecule has 3 aromatic carbocycles. The highest BCUT2D eigenvalue weighted by atomic mass is 32.2. The molecule has 0 radical (unpaired) electrons. The lowest BCUT2D eigenvalue weighted by Crippen LogP contribution is -2.37. The third kappa shape index (κ3) is 3.82. The Hall–Kier alpha value is -3.32. The van der Waals surface area contributed by atoms with Crippen LogP contribution in [0.25, 0.3) is 21.9 Å². The van der Waals surface area contributed by atoms with Gasteiger partial charge < -0.3 is 9.73 Å². The number of sulfonamides is 1. The van der Waals surface area contributed by atoms with Crippen LogP contribution in [0.15, 0.2) is 71.1 Å². The van der Waals surface area contributed by atoms with Crippen LogP contribution >= 0.6 is 0 Å². The van der Waals surface area contributed by atoms with Gasteiger partial charge >= 0.3 is 0 Å². The van der Waals surface area contributed by atoms with E-state index in [-0.39, 0.29) is 6.54 Å². The first-order valence-corrected chi connectivity index (χ1v) is 10.9. The number of para-hydroxylation sites is 2. The zero-order chi connectivity index (χ0) is 20.6. The highest BCUT2D eigenvalue weighted by Crippen LogP contribution is 2.30. The number of anilines is 2. The molecule has 0 bridgehead atoms. The summed E-state index contributed by atoms with van der Waals surface area (Å²) in [6.45, 7) is 1.49. The van der Waals surface area contributed by atoms with Gasteiger partial charge in [0, 0.05) is 22.5 Å². The highest BCUT2D eigenvalue weighted by molar-refractivity contribution is 7.92. The largest absolute Gasteiger partial charge is 0.456 e. The summed E-state index contributed by atoms with van der Waals surface area (Å²) < 4.78 is 31.5. The number of carbonyl (C=O) groups excluding carboxylic acids is 1. The molecule has 7 heteroatoms. The van der Waals surface area contributed by atoms with Crippen LogP contribution in [0.2, 0.25) is 0 Å². The molecule has 4 aromatic rings. The van der Waals surface area contributed by atoms with E-state index in [0.29, 0.717) is 17.0 Å². The third-order valence-corrected chi connectivity index (χ3v) is 5.86. The maximum atomic E-state index is 12.6. The van der Waals surface area contributed by atoms with Gasteiger partial charge in [0.1, 0.15) is 17.7 Å². The minimum Gasteiger partial charge on any atom is -0.456 e. The van der Waals surface area contributed by atoms with Crippen LogP contribution in [-0.2, 0) is 14.8 Å². The number of benzene rings is 3. The second-order valence-corrected chi connectivity index (χ2v) is 8.82. The molecule has 6 nitrogen and oxygen atoms in total. The van der Waals surface area contributed by atoms with Crippen molar-refractivity contribution in [3.63, 3.8) is 0 Å². The Morgan fingerprint density at radius 2 is 1.66 bits per heavy atom. The molecule has 29 heavy (non-hydrogen) atoms. The van der Waals surface area contributed by atoms with Gasteiger partial charge in [-0.2, -0.15) is 0 Å². The van der Waals surface area contributed by atoms with E-state index in [0.717, 1.165) is 32.5 Å². The van der Waals surface area contributed by atoms with Crippen molar-refractivity contribution in [3.05, 3.63) is 72.3 Å². The van der Waals surface area contributed by atoms with Crippen molar-refractivity contribution in [1.82, 2.24) is 0 Å². The summed E-state index contributed by atoms with van der Waals surface area (Å²) in [5.74, 6) is -0.436. The minimum absolute atomic E-state index is 0.318. The molecule has 0 spiro atoms. The van der Waals surface area contributed by atoms with Gasteiger partial charge in [-0.1, -0.05) is 36.4 Å². The monoisotopic (exact) mass is 408 g/mol. The smallest absolute Gasteiger partial charge is 0.245 e. The van der Waals surface area contributed by atoms with Gasteiger partial charge in [0.2, 0.25) is 15.9 Å². The Labute approximate surface area is 168 Å². The van der Waals surface area contributed by atoms with Crippen LogP contribution in [0, 0.1) is 6.92 Å². The number of hydrogen-bond acceptors (Lipinski definition) is 4. The SMILES string of the molecule is Cc1ccccc1N(CC(=O)Nc1ccc2c(c1)oc1ccccc12)S(C)(=O)=O. The Morgan fingerprint density at radius 3 is 2.41 bits per heavy atom. The Bertz CT molecular complexity index is 1330. The molecule has 1 amide bonds. The molecule has 0 aliphatic carbocycles. The molecule has 0 fully saturated rings. The fourth-order valence-electron chi connectivity index (χ4n) is 3.36. The lowest BCUT2D eigenvalue weighted by atomic mass is 10.1. The molecule has 4 rings (SSSR count). The minimum atomic E-state index is -3.63. The number of amides is 1. The zero-order valence-electron chi connectivity index (χ0n) is 16.0. The lowest BCUT2D eigenvalue weighted by Gasteiger charge is -2.23. The Balaban J connectivity index is 1.59. The van der Waals surface area contributed by atoms with Gasteiger partial charge in [0.05, 0.1) is 11.9 Å². The fraction of sp³-hybridized carbons (Fsp3) is 0.136. The topological polar surface area (TPSA) is 79.6 Å². The van der Waals surface area contributed by atoms with Crippen molar-refractivity contribution in [1.29, 1.82) is 0 Å². The molecule has 0 saturated carbocycles. The van der Waals surface area contributed by atoms with Crippen molar-refractivity contribution in [2.24, 2.45) is 0 Å². The fourth-order valence-corrected chi connectivity index (χ4v) is 4.27. The predicted molar refractivity (Wildman–Crippen MR) is 116 cm³/mol. The van der Waals surface area contributed by atoms with Crippen molar-refractivity contribution >= 4 is 49.2 Å². The number of rotatable bonds is 5. The van der Waals surface area contributed by atoms with E-state index >= 15 is 0 Å². The Morgan fingerprint density at radius 1 is 0.966 bits per heavy atom. The van der Waals surface area contributed by atoms with Crippen LogP contribution in [-0.4, -0.2) is 27.1 Å². The first kappa shape index (κ1) is 19.0. The maximum Gasteiger partial charge on any atom is 0.245 e. The summed E-state index contributed by atoms with van der Waals surface area (Å²) in [6.07, 6.45) is 1.09. The van der Waals surface area contributed by atoms with E-state index in [1.807, 2.05) is 36.4 Å². The van der Waals surface area contributed by atoms with E-state index in [4.69, 9.17) is 4.42 Å². The van der Waals surface area contributed by atoms with Crippen molar-refractivity contribution in [3.8, 4) is 0 Å². The first-order chi connectivity index (χ1) is 13.8. The molecule has 0 atom stereocenters. The molecule has 0 aliphatic heterocycles. The van der Waals surface area contributed by atoms with E-state index in [9.17, 15) is 13.2 Å². The molecule has 1 aromatic heterocycles. The molecule has 1 N–H and O–H groups in total. The summed E-state index contributed by atoms with van der Waals surface area (Å²) in [5, 5.41) is 4.72. The Kier molecular flexibility index (Phi) is 4.76. The van der Waals surface area contributed by atoms with Gasteiger partial charge in [0.25, 0.3) is 0 Å². The summed E-state index contributed by atoms with van der Waals surface area (Å²) in [6, 6.07) is 20.2. The third-order valence-electron chi connectivity index (χ3n) is 4.73. The van der Waals surface area contributed by atoms with Crippen LogP contribution in [0.1, 0.15) is 5.56 Å². The maximum absolute atomic E-state index is 12.6. The molecule has 0 unspecified atom stereocenters.